The summed E-state index contributed by atoms with van der Waals surface area (Å²) in [6.45, 7) is 11.3. The van der Waals surface area contributed by atoms with Crippen molar-refractivity contribution in [2.24, 2.45) is 0 Å². The Kier molecular flexibility index (Phi) is 9.18. The summed E-state index contributed by atoms with van der Waals surface area (Å²) in [5.41, 5.74) is 6.74. The zero-order valence-electron chi connectivity index (χ0n) is 28.3. The molecule has 0 aliphatic carbocycles. The van der Waals surface area contributed by atoms with Gasteiger partial charge in [-0.15, -0.1) is 0 Å². The Morgan fingerprint density at radius 2 is 1.60 bits per heavy atom. The van der Waals surface area contributed by atoms with Crippen molar-refractivity contribution in [3.05, 3.63) is 82.7 Å². The van der Waals surface area contributed by atoms with Crippen molar-refractivity contribution in [1.82, 2.24) is 25.1 Å². The van der Waals surface area contributed by atoms with Crippen molar-refractivity contribution < 1.29 is 14.4 Å². The lowest BCUT2D eigenvalue weighted by atomic mass is 9.87. The molecular weight excluding hydrogens is 602 g/mol. The van der Waals surface area contributed by atoms with Crippen LogP contribution in [0.4, 0.5) is 11.6 Å². The number of nitrogens with one attached hydrogen (secondary N) is 2. The fourth-order valence-electron chi connectivity index (χ4n) is 7.87. The van der Waals surface area contributed by atoms with Gasteiger partial charge in [-0.25, -0.2) is 9.97 Å². The Hall–Kier alpha value is -4.31. The van der Waals surface area contributed by atoms with Gasteiger partial charge in [-0.2, -0.15) is 0 Å². The third-order valence-electron chi connectivity index (χ3n) is 10.9. The van der Waals surface area contributed by atoms with E-state index in [0.29, 0.717) is 29.9 Å². The second-order valence-corrected chi connectivity index (χ2v) is 14.3. The molecule has 0 unspecified atom stereocenters. The predicted octanol–water partition coefficient (Wildman–Crippen LogP) is 5.38. The molecule has 5 heterocycles. The maximum atomic E-state index is 13.3. The highest BCUT2D eigenvalue weighted by Gasteiger charge is 2.43. The van der Waals surface area contributed by atoms with E-state index in [9.17, 15) is 14.4 Å². The average molecular weight is 650 g/mol. The number of rotatable bonds is 8. The minimum Gasteiger partial charge on any atom is -0.371 e. The highest BCUT2D eigenvalue weighted by molar-refractivity contribution is 6.05. The summed E-state index contributed by atoms with van der Waals surface area (Å²) in [5.74, 6) is 0.865. The molecule has 252 valence electrons. The fourth-order valence-corrected chi connectivity index (χ4v) is 7.87. The molecule has 4 aliphatic heterocycles. The normalized spacial score (nSPS) is 22.7. The summed E-state index contributed by atoms with van der Waals surface area (Å²) in [4.78, 5) is 53.2. The SMILES string of the molecule is CC(C)c1cnc(NC2CCN(c3ccc(CN4CCC(c5ccc6c(c5)[C@@H](C)N([C@H]5CCC(=O)NC5=O)C6=O)CC4)cc3)CC2)nc1. The van der Waals surface area contributed by atoms with Crippen LogP contribution in [0.5, 0.6) is 0 Å². The first-order valence-electron chi connectivity index (χ1n) is 17.7. The van der Waals surface area contributed by atoms with E-state index in [4.69, 9.17) is 0 Å². The predicted molar refractivity (Wildman–Crippen MR) is 186 cm³/mol. The van der Waals surface area contributed by atoms with E-state index in [1.165, 1.54) is 16.8 Å². The molecular formula is C38H47N7O3. The van der Waals surface area contributed by atoms with Crippen LogP contribution in [0.15, 0.2) is 54.9 Å². The summed E-state index contributed by atoms with van der Waals surface area (Å²) in [6, 6.07) is 15.0. The molecule has 4 aliphatic rings. The fraction of sp³-hybridized carbons (Fsp3) is 0.500. The zero-order valence-corrected chi connectivity index (χ0v) is 28.3. The standard InChI is InChI=1S/C38H47N7O3/c1-24(2)29-21-39-38(40-22-29)41-30-14-18-44(19-15-30)31-7-4-26(5-8-31)23-43-16-12-27(13-17-43)28-6-9-32-33(20-28)25(3)45(37(32)48)34-10-11-35(46)42-36(34)47/h4-9,20-22,24-25,27,30,34H,10-19,23H2,1-3H3,(H,39,40,41)(H,42,46,47)/t25-,34+/m1/s1. The van der Waals surface area contributed by atoms with Crippen molar-refractivity contribution in [1.29, 1.82) is 0 Å². The molecule has 0 spiro atoms. The van der Waals surface area contributed by atoms with Crippen molar-refractivity contribution >= 4 is 29.4 Å². The molecule has 2 aromatic carbocycles. The van der Waals surface area contributed by atoms with Crippen LogP contribution in [0.3, 0.4) is 0 Å². The molecule has 2 N–H and O–H groups in total. The number of hydrogen-bond acceptors (Lipinski definition) is 8. The Morgan fingerprint density at radius 3 is 2.27 bits per heavy atom. The number of benzene rings is 2. The summed E-state index contributed by atoms with van der Waals surface area (Å²) >= 11 is 0. The lowest BCUT2D eigenvalue weighted by Gasteiger charge is -2.34. The van der Waals surface area contributed by atoms with E-state index in [2.05, 4.69) is 80.6 Å². The number of likely N-dealkylation sites (tertiary alicyclic amines) is 1. The number of aromatic nitrogens is 2. The van der Waals surface area contributed by atoms with E-state index in [1.807, 2.05) is 25.4 Å². The van der Waals surface area contributed by atoms with Gasteiger partial charge in [-0.05, 0) is 104 Å². The Morgan fingerprint density at radius 1 is 0.896 bits per heavy atom. The first-order valence-corrected chi connectivity index (χ1v) is 17.7. The number of carbonyl (C=O) groups is 3. The van der Waals surface area contributed by atoms with E-state index in [0.717, 1.165) is 75.5 Å². The number of carbonyl (C=O) groups excluding carboxylic acids is 3. The Labute approximate surface area is 283 Å². The highest BCUT2D eigenvalue weighted by Crippen LogP contribution is 2.39. The molecule has 3 saturated heterocycles. The van der Waals surface area contributed by atoms with Crippen LogP contribution in [0.25, 0.3) is 0 Å². The molecule has 0 saturated carbocycles. The van der Waals surface area contributed by atoms with Gasteiger partial charge in [0.1, 0.15) is 6.04 Å². The van der Waals surface area contributed by atoms with Gasteiger partial charge >= 0.3 is 0 Å². The number of hydrogen-bond donors (Lipinski definition) is 2. The van der Waals surface area contributed by atoms with Crippen molar-refractivity contribution in [3.63, 3.8) is 0 Å². The Bertz CT molecular complexity index is 1640. The third-order valence-corrected chi connectivity index (χ3v) is 10.9. The summed E-state index contributed by atoms with van der Waals surface area (Å²) < 4.78 is 0. The maximum absolute atomic E-state index is 13.3. The van der Waals surface area contributed by atoms with Gasteiger partial charge in [0.2, 0.25) is 17.8 Å². The second-order valence-electron chi connectivity index (χ2n) is 14.3. The monoisotopic (exact) mass is 649 g/mol. The molecule has 10 heteroatoms. The Balaban J connectivity index is 0.884. The quantitative estimate of drug-likeness (QED) is 0.313. The van der Waals surface area contributed by atoms with Crippen LogP contribution in [0.1, 0.15) is 110 Å². The van der Waals surface area contributed by atoms with Crippen LogP contribution in [-0.4, -0.2) is 75.8 Å². The molecule has 0 bridgehead atoms. The number of imide groups is 1. The van der Waals surface area contributed by atoms with Crippen LogP contribution in [0.2, 0.25) is 0 Å². The molecule has 1 aromatic heterocycles. The third kappa shape index (κ3) is 6.67. The lowest BCUT2D eigenvalue weighted by Crippen LogP contribution is -2.53. The topological polar surface area (TPSA) is 111 Å². The number of amides is 3. The van der Waals surface area contributed by atoms with E-state index >= 15 is 0 Å². The molecule has 7 rings (SSSR count). The van der Waals surface area contributed by atoms with Gasteiger partial charge in [0.05, 0.1) is 6.04 Å². The minimum atomic E-state index is -0.596. The minimum absolute atomic E-state index is 0.112. The van der Waals surface area contributed by atoms with Crippen molar-refractivity contribution in [3.8, 4) is 0 Å². The highest BCUT2D eigenvalue weighted by atomic mass is 16.2. The average Bonchev–Trinajstić information content (AvgIpc) is 3.34. The summed E-state index contributed by atoms with van der Waals surface area (Å²) in [5, 5.41) is 5.93. The first kappa shape index (κ1) is 32.2. The number of nitrogens with zero attached hydrogens (tertiary/aromatic N) is 5. The van der Waals surface area contributed by atoms with Crippen LogP contribution in [0, 0.1) is 0 Å². The van der Waals surface area contributed by atoms with Gasteiger partial charge in [0, 0.05) is 55.7 Å². The molecule has 48 heavy (non-hydrogen) atoms. The molecule has 3 aromatic rings. The number of anilines is 2. The van der Waals surface area contributed by atoms with E-state index in [1.54, 1.807) is 4.90 Å². The van der Waals surface area contributed by atoms with Gasteiger partial charge in [-0.1, -0.05) is 38.1 Å². The largest absolute Gasteiger partial charge is 0.371 e. The van der Waals surface area contributed by atoms with Gasteiger partial charge in [0.25, 0.3) is 5.91 Å². The maximum Gasteiger partial charge on any atom is 0.255 e. The van der Waals surface area contributed by atoms with Crippen LogP contribution >= 0.6 is 0 Å². The van der Waals surface area contributed by atoms with Crippen molar-refractivity contribution in [2.45, 2.75) is 95.8 Å². The molecule has 0 radical (unpaired) electrons. The molecule has 10 nitrogen and oxygen atoms in total. The molecule has 3 amide bonds. The van der Waals surface area contributed by atoms with Gasteiger partial charge in [0.15, 0.2) is 0 Å². The zero-order chi connectivity index (χ0) is 33.4. The summed E-state index contributed by atoms with van der Waals surface area (Å²) in [7, 11) is 0. The van der Waals surface area contributed by atoms with Gasteiger partial charge in [-0.3, -0.25) is 24.6 Å². The molecule has 2 atom stereocenters. The summed E-state index contributed by atoms with van der Waals surface area (Å²) in [6.07, 6.45) is 8.77. The lowest BCUT2D eigenvalue weighted by molar-refractivity contribution is -0.137. The van der Waals surface area contributed by atoms with E-state index < -0.39 is 6.04 Å². The number of fused-ring (bicyclic) bond motifs is 1. The first-order chi connectivity index (χ1) is 23.2. The molecule has 3 fully saturated rings. The van der Waals surface area contributed by atoms with Crippen LogP contribution < -0.4 is 15.5 Å². The number of piperidine rings is 3. The second kappa shape index (κ2) is 13.7. The van der Waals surface area contributed by atoms with Gasteiger partial charge < -0.3 is 15.1 Å². The smallest absolute Gasteiger partial charge is 0.255 e. The van der Waals surface area contributed by atoms with Crippen molar-refractivity contribution in [2.75, 3.05) is 36.4 Å². The van der Waals surface area contributed by atoms with Crippen LogP contribution in [-0.2, 0) is 16.1 Å². The van der Waals surface area contributed by atoms with E-state index in [-0.39, 0.29) is 30.2 Å².